The monoisotopic (exact) mass is 544 g/mol. The molecule has 194 valence electrons. The van der Waals surface area contributed by atoms with E-state index in [4.69, 9.17) is 4.74 Å². The molecule has 38 heavy (non-hydrogen) atoms. The molecule has 6 nitrogen and oxygen atoms in total. The number of hydrogen-bond acceptors (Lipinski definition) is 6. The van der Waals surface area contributed by atoms with Gasteiger partial charge in [-0.2, -0.15) is 0 Å². The molecule has 5 aromatic rings. The Morgan fingerprint density at radius 2 is 1.74 bits per heavy atom. The molecule has 0 aliphatic carbocycles. The number of pyridine rings is 1. The number of anilines is 1. The molecular weight excluding hydrogens is 516 g/mol. The SMILES string of the molecule is COc1ccc(-c2ccccc2)c2sc(NC(=O)c3ccc(CN(C)CCc4ccccn4)cc3)nc12.Cl. The van der Waals surface area contributed by atoms with Crippen LogP contribution in [0.5, 0.6) is 5.75 Å². The maximum Gasteiger partial charge on any atom is 0.257 e. The van der Waals surface area contributed by atoms with Crippen LogP contribution in [0, 0.1) is 0 Å². The topological polar surface area (TPSA) is 67.3 Å². The van der Waals surface area contributed by atoms with E-state index in [0.717, 1.165) is 52.1 Å². The lowest BCUT2D eigenvalue weighted by atomic mass is 10.1. The largest absolute Gasteiger partial charge is 0.494 e. The number of halogens is 1. The van der Waals surface area contributed by atoms with Gasteiger partial charge in [0, 0.05) is 42.5 Å². The zero-order chi connectivity index (χ0) is 25.6. The van der Waals surface area contributed by atoms with Crippen molar-refractivity contribution in [2.45, 2.75) is 13.0 Å². The molecule has 8 heteroatoms. The van der Waals surface area contributed by atoms with Crippen molar-refractivity contribution < 1.29 is 9.53 Å². The second-order valence-electron chi connectivity index (χ2n) is 8.84. The van der Waals surface area contributed by atoms with Gasteiger partial charge < -0.3 is 9.64 Å². The van der Waals surface area contributed by atoms with E-state index in [1.807, 2.05) is 79.0 Å². The minimum absolute atomic E-state index is 0. The van der Waals surface area contributed by atoms with Crippen LogP contribution >= 0.6 is 23.7 Å². The predicted octanol–water partition coefficient (Wildman–Crippen LogP) is 6.72. The normalized spacial score (nSPS) is 10.8. The summed E-state index contributed by atoms with van der Waals surface area (Å²) >= 11 is 1.45. The van der Waals surface area contributed by atoms with E-state index < -0.39 is 0 Å². The molecule has 2 aromatic heterocycles. The second kappa shape index (κ2) is 12.6. The number of carbonyl (C=O) groups excluding carboxylic acids is 1. The van der Waals surface area contributed by atoms with Crippen LogP contribution in [-0.4, -0.2) is 41.5 Å². The summed E-state index contributed by atoms with van der Waals surface area (Å²) in [6.07, 6.45) is 2.73. The average Bonchev–Trinajstić information content (AvgIpc) is 3.36. The van der Waals surface area contributed by atoms with E-state index in [2.05, 4.69) is 39.4 Å². The highest BCUT2D eigenvalue weighted by Crippen LogP contribution is 2.39. The van der Waals surface area contributed by atoms with E-state index >= 15 is 0 Å². The van der Waals surface area contributed by atoms with Gasteiger partial charge in [0.2, 0.25) is 0 Å². The number of nitrogens with one attached hydrogen (secondary N) is 1. The van der Waals surface area contributed by atoms with Gasteiger partial charge in [0.05, 0.1) is 11.8 Å². The summed E-state index contributed by atoms with van der Waals surface area (Å²) in [4.78, 5) is 24.3. The van der Waals surface area contributed by atoms with Crippen molar-refractivity contribution in [2.24, 2.45) is 0 Å². The maximum absolute atomic E-state index is 13.0. The van der Waals surface area contributed by atoms with Crippen LogP contribution in [0.25, 0.3) is 21.3 Å². The van der Waals surface area contributed by atoms with Gasteiger partial charge in [0.15, 0.2) is 5.13 Å². The zero-order valence-corrected chi connectivity index (χ0v) is 22.9. The Kier molecular flexibility index (Phi) is 9.07. The first-order chi connectivity index (χ1) is 18.1. The molecule has 0 aliphatic rings. The van der Waals surface area contributed by atoms with Gasteiger partial charge in [0.25, 0.3) is 5.91 Å². The fourth-order valence-electron chi connectivity index (χ4n) is 4.22. The minimum atomic E-state index is -0.186. The molecule has 0 atom stereocenters. The Hall–Kier alpha value is -3.78. The molecule has 0 saturated carbocycles. The van der Waals surface area contributed by atoms with Crippen LogP contribution in [0.2, 0.25) is 0 Å². The van der Waals surface area contributed by atoms with Gasteiger partial charge in [-0.25, -0.2) is 4.98 Å². The molecule has 3 aromatic carbocycles. The Bertz CT molecular complexity index is 1490. The highest BCUT2D eigenvalue weighted by atomic mass is 35.5. The van der Waals surface area contributed by atoms with Crippen molar-refractivity contribution in [3.63, 3.8) is 0 Å². The zero-order valence-electron chi connectivity index (χ0n) is 21.3. The maximum atomic E-state index is 13.0. The van der Waals surface area contributed by atoms with Crippen molar-refractivity contribution in [2.75, 3.05) is 26.0 Å². The van der Waals surface area contributed by atoms with Crippen LogP contribution in [0.3, 0.4) is 0 Å². The van der Waals surface area contributed by atoms with Crippen LogP contribution in [0.4, 0.5) is 5.13 Å². The minimum Gasteiger partial charge on any atom is -0.494 e. The Labute approximate surface area is 232 Å². The average molecular weight is 545 g/mol. The second-order valence-corrected chi connectivity index (χ2v) is 9.84. The molecule has 1 N–H and O–H groups in total. The number of likely N-dealkylation sites (N-methyl/N-ethyl adjacent to an activating group) is 1. The molecule has 0 radical (unpaired) electrons. The fraction of sp³-hybridized carbons (Fsp3) is 0.167. The molecule has 2 heterocycles. The van der Waals surface area contributed by atoms with E-state index in [0.29, 0.717) is 16.4 Å². The number of methoxy groups -OCH3 is 1. The number of thiazole rings is 1. The summed E-state index contributed by atoms with van der Waals surface area (Å²) < 4.78 is 6.51. The first-order valence-electron chi connectivity index (χ1n) is 12.1. The summed E-state index contributed by atoms with van der Waals surface area (Å²) in [6, 6.07) is 27.8. The third-order valence-electron chi connectivity index (χ3n) is 6.18. The van der Waals surface area contributed by atoms with Crippen LogP contribution in [-0.2, 0) is 13.0 Å². The third-order valence-corrected chi connectivity index (χ3v) is 7.18. The summed E-state index contributed by atoms with van der Waals surface area (Å²) in [6.45, 7) is 1.71. The number of nitrogens with zero attached hydrogens (tertiary/aromatic N) is 3. The van der Waals surface area contributed by atoms with Crippen LogP contribution in [0.1, 0.15) is 21.6 Å². The quantitative estimate of drug-likeness (QED) is 0.223. The third kappa shape index (κ3) is 6.37. The van der Waals surface area contributed by atoms with Crippen molar-refractivity contribution in [1.82, 2.24) is 14.9 Å². The molecule has 5 rings (SSSR count). The molecule has 0 aliphatic heterocycles. The summed E-state index contributed by atoms with van der Waals surface area (Å²) in [7, 11) is 3.72. The number of ether oxygens (including phenoxy) is 1. The summed E-state index contributed by atoms with van der Waals surface area (Å²) in [5.41, 5.74) is 5.73. The number of hydrogen-bond donors (Lipinski definition) is 1. The molecule has 0 bridgehead atoms. The smallest absolute Gasteiger partial charge is 0.257 e. The lowest BCUT2D eigenvalue weighted by molar-refractivity contribution is 0.102. The molecule has 0 unspecified atom stereocenters. The van der Waals surface area contributed by atoms with Gasteiger partial charge in [0.1, 0.15) is 11.3 Å². The highest BCUT2D eigenvalue weighted by Gasteiger charge is 2.16. The molecule has 0 saturated heterocycles. The standard InChI is InChI=1S/C30H28N4O2S.ClH/c1-34(19-17-24-10-6-7-18-31-24)20-21-11-13-23(14-12-21)29(35)33-30-32-27-26(36-2)16-15-25(28(27)37-30)22-8-4-3-5-9-22;/h3-16,18H,17,19-20H2,1-2H3,(H,32,33,35);1H. The van der Waals surface area contributed by atoms with E-state index in [9.17, 15) is 4.79 Å². The van der Waals surface area contributed by atoms with Gasteiger partial charge in [-0.15, -0.1) is 12.4 Å². The van der Waals surface area contributed by atoms with Crippen LogP contribution in [0.15, 0.2) is 91.1 Å². The lowest BCUT2D eigenvalue weighted by Crippen LogP contribution is -2.21. The molecule has 0 spiro atoms. The number of amides is 1. The Morgan fingerprint density at radius 3 is 2.45 bits per heavy atom. The number of carbonyl (C=O) groups is 1. The molecule has 0 fully saturated rings. The Morgan fingerprint density at radius 1 is 0.974 bits per heavy atom. The van der Waals surface area contributed by atoms with Crippen molar-refractivity contribution >= 4 is 45.0 Å². The van der Waals surface area contributed by atoms with Crippen molar-refractivity contribution in [3.05, 3.63) is 108 Å². The highest BCUT2D eigenvalue weighted by molar-refractivity contribution is 7.23. The van der Waals surface area contributed by atoms with Gasteiger partial charge in [-0.1, -0.05) is 59.9 Å². The predicted molar refractivity (Wildman–Crippen MR) is 158 cm³/mol. The van der Waals surface area contributed by atoms with Gasteiger partial charge in [-0.3, -0.25) is 15.1 Å². The van der Waals surface area contributed by atoms with Crippen molar-refractivity contribution in [1.29, 1.82) is 0 Å². The van der Waals surface area contributed by atoms with E-state index in [-0.39, 0.29) is 18.3 Å². The summed E-state index contributed by atoms with van der Waals surface area (Å²) in [5.74, 6) is 0.497. The van der Waals surface area contributed by atoms with Gasteiger partial charge >= 0.3 is 0 Å². The van der Waals surface area contributed by atoms with E-state index in [1.165, 1.54) is 11.3 Å². The summed E-state index contributed by atoms with van der Waals surface area (Å²) in [5, 5.41) is 3.51. The first-order valence-corrected chi connectivity index (χ1v) is 12.9. The number of fused-ring (bicyclic) bond motifs is 1. The van der Waals surface area contributed by atoms with Crippen LogP contribution < -0.4 is 10.1 Å². The fourth-order valence-corrected chi connectivity index (χ4v) is 5.23. The Balaban J connectivity index is 0.00000336. The number of benzene rings is 3. The van der Waals surface area contributed by atoms with Gasteiger partial charge in [-0.05, 0) is 54.6 Å². The lowest BCUT2D eigenvalue weighted by Gasteiger charge is -2.16. The molecule has 1 amide bonds. The van der Waals surface area contributed by atoms with E-state index in [1.54, 1.807) is 7.11 Å². The first kappa shape index (κ1) is 27.3. The molecular formula is C30H29ClN4O2S. The number of rotatable bonds is 9. The number of aromatic nitrogens is 2. The van der Waals surface area contributed by atoms with Crippen molar-refractivity contribution in [3.8, 4) is 16.9 Å².